The van der Waals surface area contributed by atoms with Crippen molar-refractivity contribution in [3.8, 4) is 0 Å². The van der Waals surface area contributed by atoms with Gasteiger partial charge < -0.3 is 20.9 Å². The summed E-state index contributed by atoms with van der Waals surface area (Å²) in [6.45, 7) is 2.90. The van der Waals surface area contributed by atoms with E-state index in [1.807, 2.05) is 18.3 Å². The summed E-state index contributed by atoms with van der Waals surface area (Å²) in [5, 5.41) is 10.5. The van der Waals surface area contributed by atoms with Crippen molar-refractivity contribution >= 4 is 16.9 Å². The van der Waals surface area contributed by atoms with Gasteiger partial charge in [-0.2, -0.15) is 0 Å². The van der Waals surface area contributed by atoms with Crippen molar-refractivity contribution in [1.29, 1.82) is 0 Å². The Morgan fingerprint density at radius 1 is 1.39 bits per heavy atom. The number of H-pyrrole nitrogens is 1. The number of aromatic amines is 1. The van der Waals surface area contributed by atoms with Crippen LogP contribution in [0.4, 0.5) is 4.39 Å². The molecule has 2 aromatic rings. The molecule has 2 aliphatic rings. The molecule has 0 amide bonds. The molecule has 2 aliphatic heterocycles. The van der Waals surface area contributed by atoms with Crippen LogP contribution in [0.15, 0.2) is 41.2 Å². The van der Waals surface area contributed by atoms with Crippen LogP contribution in [0.1, 0.15) is 12.0 Å². The van der Waals surface area contributed by atoms with Gasteiger partial charge in [0.25, 0.3) is 0 Å². The van der Waals surface area contributed by atoms with Crippen molar-refractivity contribution in [2.45, 2.75) is 6.42 Å². The number of aliphatic imine (C=N–C) groups is 1. The van der Waals surface area contributed by atoms with E-state index in [4.69, 9.17) is 0 Å². The van der Waals surface area contributed by atoms with Crippen LogP contribution in [0.3, 0.4) is 0 Å². The molecule has 120 valence electrons. The Morgan fingerprint density at radius 2 is 2.35 bits per heavy atom. The second kappa shape index (κ2) is 6.00. The Hall–Kier alpha value is -2.41. The number of amidine groups is 1. The van der Waals surface area contributed by atoms with Crippen molar-refractivity contribution < 1.29 is 4.39 Å². The zero-order valence-corrected chi connectivity index (χ0v) is 12.7. The number of rotatable bonds is 4. The van der Waals surface area contributed by atoms with Crippen molar-refractivity contribution in [2.24, 2.45) is 10.9 Å². The van der Waals surface area contributed by atoms with Gasteiger partial charge in [0.15, 0.2) is 11.6 Å². The average molecular weight is 314 g/mol. The molecule has 4 rings (SSSR count). The van der Waals surface area contributed by atoms with Crippen molar-refractivity contribution in [3.05, 3.63) is 41.7 Å². The third-order valence-corrected chi connectivity index (χ3v) is 4.32. The second-order valence-electron chi connectivity index (χ2n) is 5.91. The lowest BCUT2D eigenvalue weighted by molar-refractivity contribution is 0.513. The lowest BCUT2D eigenvalue weighted by Gasteiger charge is -2.19. The minimum Gasteiger partial charge on any atom is -0.367 e. The summed E-state index contributed by atoms with van der Waals surface area (Å²) in [5.74, 6) is 1.28. The number of hydrogen-bond donors (Lipinski definition) is 4. The molecule has 0 radical (unpaired) electrons. The first-order valence-electron chi connectivity index (χ1n) is 7.89. The standard InChI is InChI=1S/C16H19FN6/c17-13-9-22-15(12-8-21-14-11(12)2-1-4-19-14)23-16(13)20-7-10-3-5-18-6-10/h1-2,4,8,10,18,20H,3,5-7,9H2,(H,19,21)(H,22,23)/t10-/m0/s1. The summed E-state index contributed by atoms with van der Waals surface area (Å²) in [6, 6.07) is 3.86. The molecule has 0 aromatic carbocycles. The molecule has 4 heterocycles. The highest BCUT2D eigenvalue weighted by Gasteiger charge is 2.20. The minimum atomic E-state index is -0.252. The van der Waals surface area contributed by atoms with Gasteiger partial charge in [-0.3, -0.25) is 0 Å². The van der Waals surface area contributed by atoms with Crippen LogP contribution in [0.2, 0.25) is 0 Å². The molecular formula is C16H19FN6. The smallest absolute Gasteiger partial charge is 0.162 e. The molecule has 6 nitrogen and oxygen atoms in total. The Morgan fingerprint density at radius 3 is 3.22 bits per heavy atom. The zero-order chi connectivity index (χ0) is 15.6. The van der Waals surface area contributed by atoms with Gasteiger partial charge in [0.2, 0.25) is 0 Å². The van der Waals surface area contributed by atoms with Crippen LogP contribution >= 0.6 is 0 Å². The third-order valence-electron chi connectivity index (χ3n) is 4.32. The minimum absolute atomic E-state index is 0.150. The molecule has 7 heteroatoms. The lowest BCUT2D eigenvalue weighted by Crippen LogP contribution is -2.34. The molecule has 1 fully saturated rings. The predicted octanol–water partition coefficient (Wildman–Crippen LogP) is 1.25. The fraction of sp³-hybridized carbons (Fsp3) is 0.375. The number of nitrogens with zero attached hydrogens (tertiary/aromatic N) is 2. The third kappa shape index (κ3) is 2.79. The molecule has 2 aromatic heterocycles. The normalized spacial score (nSPS) is 21.4. The second-order valence-corrected chi connectivity index (χ2v) is 5.91. The number of pyridine rings is 1. The molecule has 0 saturated carbocycles. The number of hydrogen-bond acceptors (Lipinski definition) is 5. The van der Waals surface area contributed by atoms with Crippen molar-refractivity contribution in [2.75, 3.05) is 26.2 Å². The van der Waals surface area contributed by atoms with Crippen LogP contribution in [0.25, 0.3) is 11.0 Å². The Kier molecular flexibility index (Phi) is 3.70. The van der Waals surface area contributed by atoms with Gasteiger partial charge in [0, 0.05) is 29.9 Å². The van der Waals surface area contributed by atoms with Gasteiger partial charge in [-0.25, -0.2) is 14.4 Å². The van der Waals surface area contributed by atoms with E-state index in [1.165, 1.54) is 0 Å². The van der Waals surface area contributed by atoms with E-state index >= 15 is 0 Å². The van der Waals surface area contributed by atoms with E-state index in [9.17, 15) is 4.39 Å². The van der Waals surface area contributed by atoms with Gasteiger partial charge in [-0.05, 0) is 37.6 Å². The Bertz CT molecular complexity index is 772. The molecule has 1 atom stereocenters. The molecule has 0 spiro atoms. The van der Waals surface area contributed by atoms with Crippen LogP contribution in [-0.2, 0) is 0 Å². The highest BCUT2D eigenvalue weighted by molar-refractivity contribution is 6.09. The Balaban J connectivity index is 1.58. The van der Waals surface area contributed by atoms with Gasteiger partial charge >= 0.3 is 0 Å². The molecule has 0 aliphatic carbocycles. The number of fused-ring (bicyclic) bond motifs is 1. The lowest BCUT2D eigenvalue weighted by atomic mass is 10.1. The highest BCUT2D eigenvalue weighted by Crippen LogP contribution is 2.19. The summed E-state index contributed by atoms with van der Waals surface area (Å²) in [5.41, 5.74) is 1.70. The summed E-state index contributed by atoms with van der Waals surface area (Å²) < 4.78 is 14.1. The van der Waals surface area contributed by atoms with Crippen molar-refractivity contribution in [3.63, 3.8) is 0 Å². The summed E-state index contributed by atoms with van der Waals surface area (Å²) in [7, 11) is 0. The first kappa shape index (κ1) is 14.2. The van der Waals surface area contributed by atoms with E-state index in [0.29, 0.717) is 17.6 Å². The molecule has 0 unspecified atom stereocenters. The summed E-state index contributed by atoms with van der Waals surface area (Å²) >= 11 is 0. The predicted molar refractivity (Wildman–Crippen MR) is 87.7 cm³/mol. The topological polar surface area (TPSA) is 77.1 Å². The zero-order valence-electron chi connectivity index (χ0n) is 12.7. The van der Waals surface area contributed by atoms with Gasteiger partial charge in [0.05, 0.1) is 6.54 Å². The number of halogens is 1. The largest absolute Gasteiger partial charge is 0.367 e. The fourth-order valence-electron chi connectivity index (χ4n) is 3.03. The first-order valence-corrected chi connectivity index (χ1v) is 7.89. The maximum atomic E-state index is 14.1. The van der Waals surface area contributed by atoms with E-state index in [0.717, 1.165) is 42.7 Å². The van der Waals surface area contributed by atoms with Gasteiger partial charge in [0.1, 0.15) is 11.5 Å². The molecular weight excluding hydrogens is 295 g/mol. The Labute approximate surface area is 133 Å². The fourth-order valence-corrected chi connectivity index (χ4v) is 3.03. The van der Waals surface area contributed by atoms with E-state index in [-0.39, 0.29) is 12.4 Å². The first-order chi connectivity index (χ1) is 11.3. The molecule has 0 bridgehead atoms. The van der Waals surface area contributed by atoms with Crippen LogP contribution < -0.4 is 16.0 Å². The molecule has 23 heavy (non-hydrogen) atoms. The molecule has 4 N–H and O–H groups in total. The van der Waals surface area contributed by atoms with E-state index < -0.39 is 0 Å². The van der Waals surface area contributed by atoms with E-state index in [1.54, 1.807) is 6.20 Å². The van der Waals surface area contributed by atoms with Crippen LogP contribution in [0.5, 0.6) is 0 Å². The van der Waals surface area contributed by atoms with Crippen molar-refractivity contribution in [1.82, 2.24) is 25.9 Å². The highest BCUT2D eigenvalue weighted by atomic mass is 19.1. The van der Waals surface area contributed by atoms with Crippen LogP contribution in [0, 0.1) is 5.92 Å². The SMILES string of the molecule is FC1=C(NC[C@H]2CCNC2)N=C(c2c[nH]c3ncccc23)NC1. The number of nitrogens with one attached hydrogen (secondary N) is 4. The summed E-state index contributed by atoms with van der Waals surface area (Å²) in [4.78, 5) is 11.8. The average Bonchev–Trinajstić information content (AvgIpc) is 3.23. The monoisotopic (exact) mass is 314 g/mol. The van der Waals surface area contributed by atoms with Crippen LogP contribution in [-0.4, -0.2) is 42.0 Å². The maximum absolute atomic E-state index is 14.1. The maximum Gasteiger partial charge on any atom is 0.162 e. The van der Waals surface area contributed by atoms with Gasteiger partial charge in [-0.1, -0.05) is 0 Å². The quantitative estimate of drug-likeness (QED) is 0.685. The number of aromatic nitrogens is 2. The van der Waals surface area contributed by atoms with Gasteiger partial charge in [-0.15, -0.1) is 0 Å². The van der Waals surface area contributed by atoms with E-state index in [2.05, 4.69) is 30.9 Å². The molecule has 1 saturated heterocycles. The summed E-state index contributed by atoms with van der Waals surface area (Å²) in [6.07, 6.45) is 4.71.